The van der Waals surface area contributed by atoms with Crippen LogP contribution in [-0.2, 0) is 6.42 Å². The molecule has 2 heterocycles. The standard InChI is InChI=1S/C17H20N4O2/c1-10(2)16-15(11(3)21-23-16)17(22)18-9-8-14-19-12-6-4-5-7-13(12)20-14/h4-7,10H,8-9H2,1-3H3,(H,18,22)(H,19,20). The van der Waals surface area contributed by atoms with Gasteiger partial charge in [-0.25, -0.2) is 4.98 Å². The highest BCUT2D eigenvalue weighted by molar-refractivity contribution is 5.96. The topological polar surface area (TPSA) is 83.8 Å². The van der Waals surface area contributed by atoms with Crippen LogP contribution in [0.2, 0.25) is 0 Å². The van der Waals surface area contributed by atoms with E-state index in [1.54, 1.807) is 6.92 Å². The number of para-hydroxylation sites is 2. The highest BCUT2D eigenvalue weighted by Gasteiger charge is 2.22. The van der Waals surface area contributed by atoms with E-state index in [9.17, 15) is 4.79 Å². The molecule has 3 aromatic rings. The van der Waals surface area contributed by atoms with Crippen molar-refractivity contribution in [2.75, 3.05) is 6.54 Å². The van der Waals surface area contributed by atoms with Crippen LogP contribution < -0.4 is 5.32 Å². The number of hydrogen-bond acceptors (Lipinski definition) is 4. The molecule has 0 radical (unpaired) electrons. The number of nitrogens with zero attached hydrogens (tertiary/aromatic N) is 2. The number of fused-ring (bicyclic) bond motifs is 1. The number of carbonyl (C=O) groups is 1. The summed E-state index contributed by atoms with van der Waals surface area (Å²) in [5.74, 6) is 1.46. The summed E-state index contributed by atoms with van der Waals surface area (Å²) < 4.78 is 5.25. The number of benzene rings is 1. The Labute approximate surface area is 134 Å². The van der Waals surface area contributed by atoms with E-state index < -0.39 is 0 Å². The van der Waals surface area contributed by atoms with Gasteiger partial charge in [0.15, 0.2) is 5.76 Å². The van der Waals surface area contributed by atoms with E-state index in [4.69, 9.17) is 4.52 Å². The van der Waals surface area contributed by atoms with E-state index in [1.165, 1.54) is 0 Å². The zero-order valence-electron chi connectivity index (χ0n) is 13.5. The molecule has 2 N–H and O–H groups in total. The molecule has 6 heteroatoms. The highest BCUT2D eigenvalue weighted by atomic mass is 16.5. The summed E-state index contributed by atoms with van der Waals surface area (Å²) in [6.45, 7) is 6.24. The van der Waals surface area contributed by atoms with E-state index >= 15 is 0 Å². The summed E-state index contributed by atoms with van der Waals surface area (Å²) in [4.78, 5) is 20.1. The maximum Gasteiger partial charge on any atom is 0.256 e. The van der Waals surface area contributed by atoms with Gasteiger partial charge in [0.2, 0.25) is 0 Å². The van der Waals surface area contributed by atoms with E-state index in [2.05, 4.69) is 20.4 Å². The first-order chi connectivity index (χ1) is 11.1. The second kappa shape index (κ2) is 6.24. The van der Waals surface area contributed by atoms with Crippen LogP contribution in [0.25, 0.3) is 11.0 Å². The molecule has 0 saturated heterocycles. The summed E-state index contributed by atoms with van der Waals surface area (Å²) in [5, 5.41) is 6.81. The molecule has 120 valence electrons. The van der Waals surface area contributed by atoms with Crippen molar-refractivity contribution in [1.29, 1.82) is 0 Å². The van der Waals surface area contributed by atoms with Crippen molar-refractivity contribution in [3.8, 4) is 0 Å². The number of imidazole rings is 1. The molecule has 0 aliphatic rings. The van der Waals surface area contributed by atoms with Gasteiger partial charge in [0.1, 0.15) is 11.4 Å². The maximum atomic E-state index is 12.4. The van der Waals surface area contributed by atoms with Gasteiger partial charge in [-0.05, 0) is 19.1 Å². The van der Waals surface area contributed by atoms with Crippen molar-refractivity contribution >= 4 is 16.9 Å². The van der Waals surface area contributed by atoms with E-state index in [1.807, 2.05) is 38.1 Å². The van der Waals surface area contributed by atoms with Crippen LogP contribution in [0.3, 0.4) is 0 Å². The van der Waals surface area contributed by atoms with Crippen molar-refractivity contribution < 1.29 is 9.32 Å². The first kappa shape index (κ1) is 15.3. The van der Waals surface area contributed by atoms with Crippen LogP contribution in [0.4, 0.5) is 0 Å². The normalized spacial score (nSPS) is 11.3. The molecule has 1 amide bonds. The fourth-order valence-corrected chi connectivity index (χ4v) is 2.56. The fraction of sp³-hybridized carbons (Fsp3) is 0.353. The molecular weight excluding hydrogens is 292 g/mol. The molecule has 6 nitrogen and oxygen atoms in total. The number of hydrogen-bond donors (Lipinski definition) is 2. The third kappa shape index (κ3) is 3.11. The van der Waals surface area contributed by atoms with Crippen LogP contribution in [0.1, 0.15) is 47.4 Å². The molecule has 2 aromatic heterocycles. The minimum Gasteiger partial charge on any atom is -0.360 e. The van der Waals surface area contributed by atoms with Crippen molar-refractivity contribution in [3.63, 3.8) is 0 Å². The van der Waals surface area contributed by atoms with Gasteiger partial charge in [0.05, 0.1) is 16.7 Å². The number of carbonyl (C=O) groups excluding carboxylic acids is 1. The molecule has 3 rings (SSSR count). The summed E-state index contributed by atoms with van der Waals surface area (Å²) in [6, 6.07) is 7.87. The summed E-state index contributed by atoms with van der Waals surface area (Å²) in [7, 11) is 0. The third-order valence-corrected chi connectivity index (χ3v) is 3.73. The van der Waals surface area contributed by atoms with Gasteiger partial charge in [-0.3, -0.25) is 4.79 Å². The third-order valence-electron chi connectivity index (χ3n) is 3.73. The van der Waals surface area contributed by atoms with Crippen LogP contribution in [0.5, 0.6) is 0 Å². The van der Waals surface area contributed by atoms with Crippen molar-refractivity contribution in [2.45, 2.75) is 33.1 Å². The van der Waals surface area contributed by atoms with E-state index in [-0.39, 0.29) is 11.8 Å². The smallest absolute Gasteiger partial charge is 0.256 e. The molecule has 0 fully saturated rings. The molecule has 0 aliphatic heterocycles. The zero-order valence-corrected chi connectivity index (χ0v) is 13.5. The Kier molecular flexibility index (Phi) is 4.14. The van der Waals surface area contributed by atoms with Crippen molar-refractivity contribution in [3.05, 3.63) is 47.1 Å². The molecule has 0 bridgehead atoms. The number of aromatic amines is 1. The van der Waals surface area contributed by atoms with Crippen molar-refractivity contribution in [1.82, 2.24) is 20.4 Å². The quantitative estimate of drug-likeness (QED) is 0.758. The van der Waals surface area contributed by atoms with Gasteiger partial charge in [0.25, 0.3) is 5.91 Å². The Hall–Kier alpha value is -2.63. The number of aryl methyl sites for hydroxylation is 1. The lowest BCUT2D eigenvalue weighted by Gasteiger charge is -2.06. The lowest BCUT2D eigenvalue weighted by molar-refractivity contribution is 0.0951. The fourth-order valence-electron chi connectivity index (χ4n) is 2.56. The van der Waals surface area contributed by atoms with Crippen molar-refractivity contribution in [2.24, 2.45) is 0 Å². The second-order valence-corrected chi connectivity index (χ2v) is 5.87. The SMILES string of the molecule is Cc1noc(C(C)C)c1C(=O)NCCc1nc2ccccc2[nH]1. The van der Waals surface area contributed by atoms with Gasteiger partial charge in [-0.15, -0.1) is 0 Å². The Bertz CT molecular complexity index is 799. The molecule has 1 aromatic carbocycles. The van der Waals surface area contributed by atoms with Crippen LogP contribution in [-0.4, -0.2) is 27.6 Å². The van der Waals surface area contributed by atoms with Gasteiger partial charge >= 0.3 is 0 Å². The first-order valence-electron chi connectivity index (χ1n) is 7.74. The van der Waals surface area contributed by atoms with Crippen LogP contribution in [0, 0.1) is 6.92 Å². The van der Waals surface area contributed by atoms with Crippen LogP contribution >= 0.6 is 0 Å². The largest absolute Gasteiger partial charge is 0.360 e. The average Bonchev–Trinajstić information content (AvgIpc) is 3.09. The molecule has 0 atom stereocenters. The molecule has 23 heavy (non-hydrogen) atoms. The summed E-state index contributed by atoms with van der Waals surface area (Å²) in [6.07, 6.45) is 0.641. The highest BCUT2D eigenvalue weighted by Crippen LogP contribution is 2.22. The van der Waals surface area contributed by atoms with Gasteiger partial charge in [-0.2, -0.15) is 0 Å². The Morgan fingerprint density at radius 1 is 1.35 bits per heavy atom. The average molecular weight is 312 g/mol. The predicted octanol–water partition coefficient (Wildman–Crippen LogP) is 2.96. The summed E-state index contributed by atoms with van der Waals surface area (Å²) >= 11 is 0. The molecular formula is C17H20N4O2. The van der Waals surface area contributed by atoms with Gasteiger partial charge in [0, 0.05) is 18.9 Å². The Morgan fingerprint density at radius 3 is 2.87 bits per heavy atom. The predicted molar refractivity (Wildman–Crippen MR) is 87.5 cm³/mol. The second-order valence-electron chi connectivity index (χ2n) is 5.87. The van der Waals surface area contributed by atoms with E-state index in [0.717, 1.165) is 16.9 Å². The van der Waals surface area contributed by atoms with Gasteiger partial charge < -0.3 is 14.8 Å². The number of rotatable bonds is 5. The number of nitrogens with one attached hydrogen (secondary N) is 2. The van der Waals surface area contributed by atoms with Gasteiger partial charge in [-0.1, -0.05) is 31.1 Å². The molecule has 0 saturated carbocycles. The minimum absolute atomic E-state index is 0.118. The monoisotopic (exact) mass is 312 g/mol. The molecule has 0 aliphatic carbocycles. The lowest BCUT2D eigenvalue weighted by Crippen LogP contribution is -2.27. The number of amides is 1. The zero-order chi connectivity index (χ0) is 16.4. The number of H-pyrrole nitrogens is 1. The number of aromatic nitrogens is 3. The Morgan fingerprint density at radius 2 is 2.13 bits per heavy atom. The maximum absolute atomic E-state index is 12.4. The first-order valence-corrected chi connectivity index (χ1v) is 7.74. The van der Waals surface area contributed by atoms with E-state index in [0.29, 0.717) is 30.0 Å². The van der Waals surface area contributed by atoms with Crippen LogP contribution in [0.15, 0.2) is 28.8 Å². The minimum atomic E-state index is -0.149. The Balaban J connectivity index is 1.64. The lowest BCUT2D eigenvalue weighted by atomic mass is 10.0. The molecule has 0 unspecified atom stereocenters. The molecule has 0 spiro atoms. The summed E-state index contributed by atoms with van der Waals surface area (Å²) in [5.41, 5.74) is 3.11.